The molecule has 0 aliphatic heterocycles. The smallest absolute Gasteiger partial charge is 0.387 e. The summed E-state index contributed by atoms with van der Waals surface area (Å²) >= 11 is 0. The van der Waals surface area contributed by atoms with Crippen molar-refractivity contribution in [3.05, 3.63) is 122 Å². The maximum Gasteiger partial charge on any atom is 0.472 e. The van der Waals surface area contributed by atoms with E-state index in [-0.39, 0.29) is 25.5 Å². The molecule has 3 N–H and O–H groups in total. The molecule has 346 valence electrons. The van der Waals surface area contributed by atoms with Gasteiger partial charge in [-0.3, -0.25) is 13.8 Å². The Kier molecular flexibility index (Phi) is 40.1. The Morgan fingerprint density at radius 3 is 1.51 bits per heavy atom. The number of aliphatic hydroxyl groups excluding tert-OH is 1. The van der Waals surface area contributed by atoms with E-state index in [1.54, 1.807) is 6.08 Å². The lowest BCUT2D eigenvalue weighted by molar-refractivity contribution is -0.870. The van der Waals surface area contributed by atoms with Crippen LogP contribution in [-0.4, -0.2) is 73.4 Å². The highest BCUT2D eigenvalue weighted by Gasteiger charge is 2.27. The number of allylic oxidation sites excluding steroid dienone is 19. The lowest BCUT2D eigenvalue weighted by Gasteiger charge is -2.25. The summed E-state index contributed by atoms with van der Waals surface area (Å²) in [4.78, 5) is 23.1. The topological polar surface area (TPSA) is 105 Å². The predicted molar refractivity (Wildman–Crippen MR) is 262 cm³/mol. The van der Waals surface area contributed by atoms with Crippen molar-refractivity contribution in [3.63, 3.8) is 0 Å². The fraction of sp³-hybridized carbons (Fsp3) is 0.596. The summed E-state index contributed by atoms with van der Waals surface area (Å²) in [6, 6.07) is -0.894. The van der Waals surface area contributed by atoms with Gasteiger partial charge in [-0.1, -0.05) is 167 Å². The maximum absolute atomic E-state index is 12.9. The predicted octanol–water partition coefficient (Wildman–Crippen LogP) is 13.5. The van der Waals surface area contributed by atoms with Crippen LogP contribution in [0.3, 0.4) is 0 Å². The van der Waals surface area contributed by atoms with Crippen molar-refractivity contribution in [2.75, 3.05) is 40.9 Å². The number of nitrogens with one attached hydrogen (secondary N) is 1. The number of phosphoric acid groups is 1. The van der Waals surface area contributed by atoms with E-state index in [1.807, 2.05) is 27.2 Å². The number of likely N-dealkylation sites (N-methyl/N-ethyl adjacent to an activating group) is 1. The van der Waals surface area contributed by atoms with Gasteiger partial charge in [-0.2, -0.15) is 0 Å². The van der Waals surface area contributed by atoms with E-state index in [9.17, 15) is 19.4 Å². The summed E-state index contributed by atoms with van der Waals surface area (Å²) in [7, 11) is 1.50. The fourth-order valence-electron chi connectivity index (χ4n) is 5.72. The minimum atomic E-state index is -4.37. The molecule has 0 rings (SSSR count). The molecule has 9 heteroatoms. The average molecular weight is 868 g/mol. The molecule has 0 radical (unpaired) electrons. The number of amides is 1. The summed E-state index contributed by atoms with van der Waals surface area (Å²) in [5.41, 5.74) is 0. The van der Waals surface area contributed by atoms with E-state index >= 15 is 0 Å². The standard InChI is InChI=1S/C52H87N2O6P/c1-6-8-10-12-14-16-18-20-21-22-23-24-25-26-27-28-29-30-31-32-33-34-36-38-40-42-44-46-52(56)53-50(49-60-61(57,58)59-48-47-54(3,4)5)51(55)45-43-41-39-37-35-19-17-15-13-11-9-7-2/h8,10,14,16,20-21,23-24,26-27,29-30,32-33,35-38,43,45,50-51,55H,6-7,9,11-13,15,17-19,22,25,28,31,34,39-42,44,46-49H2,1-5H3,(H-,53,56,57,58)/p+1/b10-8-,16-14-,21-20-,24-23-,27-26-,30-29-,33-32-,37-35+,38-36-,45-43+. The van der Waals surface area contributed by atoms with Crippen LogP contribution >= 0.6 is 7.82 Å². The van der Waals surface area contributed by atoms with Gasteiger partial charge in [0.2, 0.25) is 5.91 Å². The monoisotopic (exact) mass is 868 g/mol. The Morgan fingerprint density at radius 2 is 1.00 bits per heavy atom. The first-order valence-corrected chi connectivity index (χ1v) is 24.9. The highest BCUT2D eigenvalue weighted by Crippen LogP contribution is 2.43. The van der Waals surface area contributed by atoms with E-state index in [1.165, 1.54) is 38.5 Å². The van der Waals surface area contributed by atoms with Gasteiger partial charge in [-0.25, -0.2) is 4.57 Å². The molecule has 3 atom stereocenters. The van der Waals surface area contributed by atoms with E-state index in [2.05, 4.69) is 129 Å². The van der Waals surface area contributed by atoms with Gasteiger partial charge < -0.3 is 19.8 Å². The van der Waals surface area contributed by atoms with Crippen molar-refractivity contribution in [1.29, 1.82) is 0 Å². The van der Waals surface area contributed by atoms with Crippen LogP contribution in [0.5, 0.6) is 0 Å². The van der Waals surface area contributed by atoms with Crippen LogP contribution in [-0.2, 0) is 18.4 Å². The molecular formula is C52H88N2O6P+. The molecule has 0 aromatic rings. The molecular weight excluding hydrogens is 780 g/mol. The number of aliphatic hydroxyl groups is 1. The zero-order valence-corrected chi connectivity index (χ0v) is 40.0. The molecule has 0 aliphatic carbocycles. The third-order valence-electron chi connectivity index (χ3n) is 9.42. The minimum Gasteiger partial charge on any atom is -0.387 e. The van der Waals surface area contributed by atoms with Crippen LogP contribution in [0.4, 0.5) is 0 Å². The molecule has 1 amide bonds. The lowest BCUT2D eigenvalue weighted by atomic mass is 10.1. The van der Waals surface area contributed by atoms with Crippen LogP contribution in [0.2, 0.25) is 0 Å². The van der Waals surface area contributed by atoms with Gasteiger partial charge in [0, 0.05) is 6.42 Å². The number of hydrogen-bond acceptors (Lipinski definition) is 5. The number of rotatable bonds is 40. The van der Waals surface area contributed by atoms with Crippen molar-refractivity contribution in [2.45, 2.75) is 161 Å². The number of nitrogens with zero attached hydrogens (tertiary/aromatic N) is 1. The molecule has 0 aromatic heterocycles. The normalized spacial score (nSPS) is 15.3. The first-order chi connectivity index (χ1) is 29.5. The van der Waals surface area contributed by atoms with Crippen LogP contribution in [0.15, 0.2) is 122 Å². The molecule has 3 unspecified atom stereocenters. The Balaban J connectivity index is 4.46. The second-order valence-electron chi connectivity index (χ2n) is 16.4. The van der Waals surface area contributed by atoms with Gasteiger partial charge in [0.15, 0.2) is 0 Å². The number of phosphoric ester groups is 1. The highest BCUT2D eigenvalue weighted by atomic mass is 31.2. The zero-order valence-electron chi connectivity index (χ0n) is 39.1. The van der Waals surface area contributed by atoms with E-state index in [0.29, 0.717) is 17.4 Å². The van der Waals surface area contributed by atoms with Gasteiger partial charge in [0.1, 0.15) is 13.2 Å². The molecule has 0 aliphatic rings. The number of quaternary nitrogens is 1. The maximum atomic E-state index is 12.9. The summed E-state index contributed by atoms with van der Waals surface area (Å²) in [6.45, 7) is 4.59. The molecule has 0 heterocycles. The summed E-state index contributed by atoms with van der Waals surface area (Å²) < 4.78 is 23.5. The summed E-state index contributed by atoms with van der Waals surface area (Å²) in [5.74, 6) is -0.237. The van der Waals surface area contributed by atoms with E-state index in [4.69, 9.17) is 9.05 Å². The third kappa shape index (κ3) is 44.8. The third-order valence-corrected chi connectivity index (χ3v) is 10.4. The molecule has 0 saturated heterocycles. The van der Waals surface area contributed by atoms with Gasteiger partial charge in [-0.15, -0.1) is 0 Å². The number of carbonyl (C=O) groups is 1. The number of carbonyl (C=O) groups excluding carboxylic acids is 1. The van der Waals surface area contributed by atoms with Gasteiger partial charge in [0.25, 0.3) is 0 Å². The molecule has 0 fully saturated rings. The van der Waals surface area contributed by atoms with Crippen LogP contribution in [0, 0.1) is 0 Å². The number of unbranched alkanes of at least 4 members (excludes halogenated alkanes) is 9. The molecule has 8 nitrogen and oxygen atoms in total. The largest absolute Gasteiger partial charge is 0.472 e. The molecule has 61 heavy (non-hydrogen) atoms. The Bertz CT molecular complexity index is 1400. The summed E-state index contributed by atoms with van der Waals surface area (Å²) in [6.07, 6.45) is 62.8. The van der Waals surface area contributed by atoms with Crippen molar-refractivity contribution >= 4 is 13.7 Å². The van der Waals surface area contributed by atoms with Crippen LogP contribution < -0.4 is 5.32 Å². The Morgan fingerprint density at radius 1 is 0.574 bits per heavy atom. The molecule has 0 bridgehead atoms. The first-order valence-electron chi connectivity index (χ1n) is 23.4. The van der Waals surface area contributed by atoms with E-state index < -0.39 is 20.0 Å². The second-order valence-corrected chi connectivity index (χ2v) is 17.8. The SMILES string of the molecule is CC/C=C\C/C=C\C/C=C\C/C=C\C/C=C\C/C=C\C/C=C\C/C=C\CCCCC(=O)NC(COP(=O)(O)OCC[N+](C)(C)C)C(O)/C=C/CC/C=C/CCCCCCCC. The zero-order chi connectivity index (χ0) is 45.0. The van der Waals surface area contributed by atoms with Crippen molar-refractivity contribution in [1.82, 2.24) is 5.32 Å². The quantitative estimate of drug-likeness (QED) is 0.0245. The van der Waals surface area contributed by atoms with Gasteiger partial charge in [0.05, 0.1) is 39.9 Å². The average Bonchev–Trinajstić information content (AvgIpc) is 3.21. The van der Waals surface area contributed by atoms with Crippen molar-refractivity contribution in [3.8, 4) is 0 Å². The first kappa shape index (κ1) is 57.9. The van der Waals surface area contributed by atoms with E-state index in [0.717, 1.165) is 83.5 Å². The van der Waals surface area contributed by atoms with Crippen LogP contribution in [0.25, 0.3) is 0 Å². The lowest BCUT2D eigenvalue weighted by Crippen LogP contribution is -2.45. The molecule has 0 saturated carbocycles. The number of hydrogen-bond donors (Lipinski definition) is 3. The van der Waals surface area contributed by atoms with Crippen molar-refractivity contribution < 1.29 is 32.9 Å². The molecule has 0 spiro atoms. The van der Waals surface area contributed by atoms with Crippen LogP contribution in [0.1, 0.15) is 149 Å². The summed E-state index contributed by atoms with van der Waals surface area (Å²) in [5, 5.41) is 13.8. The Labute approximate surface area is 374 Å². The minimum absolute atomic E-state index is 0.0399. The fourth-order valence-corrected chi connectivity index (χ4v) is 6.45. The van der Waals surface area contributed by atoms with Gasteiger partial charge >= 0.3 is 7.82 Å². The Hall–Kier alpha value is -3.10. The van der Waals surface area contributed by atoms with Gasteiger partial charge in [-0.05, 0) is 96.3 Å². The van der Waals surface area contributed by atoms with Crippen molar-refractivity contribution in [2.24, 2.45) is 0 Å². The highest BCUT2D eigenvalue weighted by molar-refractivity contribution is 7.47. The molecule has 0 aromatic carbocycles. The second kappa shape index (κ2) is 42.2.